The minimum Gasteiger partial charge on any atom is -0.467 e. The molecular formula is C29H31O4P. The molecule has 0 saturated carbocycles. The third-order valence-electron chi connectivity index (χ3n) is 6.23. The fourth-order valence-electron chi connectivity index (χ4n) is 4.37. The monoisotopic (exact) mass is 474 g/mol. The maximum atomic E-state index is 15.1. The van der Waals surface area contributed by atoms with Crippen LogP contribution in [-0.4, -0.2) is 16.9 Å². The highest BCUT2D eigenvalue weighted by Crippen LogP contribution is 2.55. The molecule has 3 atom stereocenters. The van der Waals surface area contributed by atoms with Gasteiger partial charge in [0.05, 0.1) is 24.6 Å². The van der Waals surface area contributed by atoms with Gasteiger partial charge in [-0.05, 0) is 30.5 Å². The normalized spacial score (nSPS) is 14.4. The Morgan fingerprint density at radius 3 is 1.88 bits per heavy atom. The van der Waals surface area contributed by atoms with E-state index in [1.165, 1.54) is 6.26 Å². The molecule has 0 saturated heterocycles. The molecule has 0 aliphatic carbocycles. The summed E-state index contributed by atoms with van der Waals surface area (Å²) in [7, 11) is -3.28. The molecule has 4 rings (SSSR count). The second-order valence-corrected chi connectivity index (χ2v) is 11.4. The van der Waals surface area contributed by atoms with Crippen molar-refractivity contribution in [3.8, 4) is 0 Å². The van der Waals surface area contributed by atoms with Crippen molar-refractivity contribution in [1.29, 1.82) is 0 Å². The van der Waals surface area contributed by atoms with Crippen LogP contribution in [0.5, 0.6) is 0 Å². The molecule has 4 nitrogen and oxygen atoms in total. The van der Waals surface area contributed by atoms with Gasteiger partial charge in [0, 0.05) is 10.6 Å². The summed E-state index contributed by atoms with van der Waals surface area (Å²) in [5, 5.41) is 13.0. The van der Waals surface area contributed by atoms with E-state index in [-0.39, 0.29) is 6.10 Å². The van der Waals surface area contributed by atoms with Crippen molar-refractivity contribution in [1.82, 2.24) is 0 Å². The predicted molar refractivity (Wildman–Crippen MR) is 137 cm³/mol. The molecule has 0 aliphatic rings. The van der Waals surface area contributed by atoms with Crippen molar-refractivity contribution < 1.29 is 18.8 Å². The van der Waals surface area contributed by atoms with Crippen LogP contribution in [0.1, 0.15) is 37.2 Å². The molecule has 1 N–H and O–H groups in total. The maximum Gasteiger partial charge on any atom is 0.149 e. The smallest absolute Gasteiger partial charge is 0.149 e. The standard InChI is InChI=1S/C29H31O4P/c1-2-24(33-22-23-13-6-3-7-14-23)21-28(29(30)27-19-12-20-32-27)34(31,25-15-8-4-9-16-25)26-17-10-5-11-18-26/h3-20,24,28-30H,2,21-22H2,1H3/t24-,28+,29-/m1/s1. The molecule has 34 heavy (non-hydrogen) atoms. The molecule has 4 aromatic rings. The molecule has 1 aromatic heterocycles. The average molecular weight is 475 g/mol. The number of furan rings is 1. The quantitative estimate of drug-likeness (QED) is 0.268. The molecule has 0 radical (unpaired) electrons. The van der Waals surface area contributed by atoms with E-state index >= 15 is 4.57 Å². The van der Waals surface area contributed by atoms with Crippen LogP contribution in [0.15, 0.2) is 114 Å². The first-order valence-corrected chi connectivity index (χ1v) is 13.5. The van der Waals surface area contributed by atoms with Gasteiger partial charge in [0.25, 0.3) is 0 Å². The second-order valence-electron chi connectivity index (χ2n) is 8.42. The fraction of sp³-hybridized carbons (Fsp3) is 0.241. The van der Waals surface area contributed by atoms with Gasteiger partial charge in [0.1, 0.15) is 19.0 Å². The second kappa shape index (κ2) is 11.5. The van der Waals surface area contributed by atoms with Crippen LogP contribution in [0, 0.1) is 0 Å². The molecule has 0 spiro atoms. The number of benzene rings is 3. The van der Waals surface area contributed by atoms with Crippen molar-refractivity contribution in [2.75, 3.05) is 0 Å². The number of aliphatic hydroxyl groups is 1. The van der Waals surface area contributed by atoms with Crippen LogP contribution in [0.2, 0.25) is 0 Å². The van der Waals surface area contributed by atoms with Crippen molar-refractivity contribution in [2.24, 2.45) is 0 Å². The van der Waals surface area contributed by atoms with Crippen LogP contribution >= 0.6 is 7.14 Å². The molecule has 0 aliphatic heterocycles. The van der Waals surface area contributed by atoms with E-state index < -0.39 is 18.9 Å². The van der Waals surface area contributed by atoms with Crippen molar-refractivity contribution in [3.05, 3.63) is 121 Å². The first kappa shape index (κ1) is 24.2. The Kier molecular flexibility index (Phi) is 8.18. The van der Waals surface area contributed by atoms with Crippen molar-refractivity contribution in [3.63, 3.8) is 0 Å². The number of hydrogen-bond donors (Lipinski definition) is 1. The molecule has 176 valence electrons. The Labute approximate surface area is 201 Å². The molecular weight excluding hydrogens is 443 g/mol. The third-order valence-corrected chi connectivity index (χ3v) is 9.79. The number of ether oxygens (including phenoxy) is 1. The maximum absolute atomic E-state index is 15.1. The summed E-state index contributed by atoms with van der Waals surface area (Å²) < 4.78 is 27.0. The minimum atomic E-state index is -3.28. The lowest BCUT2D eigenvalue weighted by atomic mass is 10.1. The largest absolute Gasteiger partial charge is 0.467 e. The summed E-state index contributed by atoms with van der Waals surface area (Å²) in [6, 6.07) is 32.5. The minimum absolute atomic E-state index is 0.185. The zero-order valence-electron chi connectivity index (χ0n) is 19.4. The Hall–Kier alpha value is -2.91. The van der Waals surface area contributed by atoms with E-state index in [4.69, 9.17) is 9.15 Å². The van der Waals surface area contributed by atoms with E-state index in [0.29, 0.717) is 18.8 Å². The van der Waals surface area contributed by atoms with E-state index in [1.807, 2.05) is 91.0 Å². The molecule has 3 aromatic carbocycles. The fourth-order valence-corrected chi connectivity index (χ4v) is 7.74. The Morgan fingerprint density at radius 1 is 0.824 bits per heavy atom. The highest BCUT2D eigenvalue weighted by atomic mass is 31.2. The van der Waals surface area contributed by atoms with Crippen LogP contribution < -0.4 is 10.6 Å². The van der Waals surface area contributed by atoms with Gasteiger partial charge < -0.3 is 18.8 Å². The van der Waals surface area contributed by atoms with E-state index in [9.17, 15) is 5.11 Å². The van der Waals surface area contributed by atoms with Crippen LogP contribution in [0.3, 0.4) is 0 Å². The van der Waals surface area contributed by atoms with Gasteiger partial charge in [0.2, 0.25) is 0 Å². The summed E-state index contributed by atoms with van der Waals surface area (Å²) in [5.41, 5.74) is 0.461. The number of hydrogen-bond acceptors (Lipinski definition) is 4. The lowest BCUT2D eigenvalue weighted by Gasteiger charge is -2.34. The number of rotatable bonds is 11. The van der Waals surface area contributed by atoms with Crippen molar-refractivity contribution >= 4 is 17.8 Å². The van der Waals surface area contributed by atoms with Gasteiger partial charge in [-0.15, -0.1) is 0 Å². The molecule has 0 amide bonds. The average Bonchev–Trinajstić information content (AvgIpc) is 3.45. The zero-order valence-corrected chi connectivity index (χ0v) is 20.3. The Morgan fingerprint density at radius 2 is 1.38 bits per heavy atom. The number of aliphatic hydroxyl groups excluding tert-OH is 1. The summed E-state index contributed by atoms with van der Waals surface area (Å²) >= 11 is 0. The molecule has 1 heterocycles. The third kappa shape index (κ3) is 5.42. The molecule has 0 unspecified atom stereocenters. The first-order valence-electron chi connectivity index (χ1n) is 11.7. The lowest BCUT2D eigenvalue weighted by Crippen LogP contribution is -2.34. The molecule has 0 fully saturated rings. The molecule has 5 heteroatoms. The van der Waals surface area contributed by atoms with Gasteiger partial charge in [-0.3, -0.25) is 0 Å². The summed E-state index contributed by atoms with van der Waals surface area (Å²) in [4.78, 5) is 0. The van der Waals surface area contributed by atoms with Gasteiger partial charge >= 0.3 is 0 Å². The van der Waals surface area contributed by atoms with E-state index in [2.05, 4.69) is 6.92 Å². The van der Waals surface area contributed by atoms with Gasteiger partial charge in [-0.1, -0.05) is 97.9 Å². The highest BCUT2D eigenvalue weighted by molar-refractivity contribution is 7.79. The van der Waals surface area contributed by atoms with E-state index in [0.717, 1.165) is 22.6 Å². The first-order chi connectivity index (χ1) is 16.6. The van der Waals surface area contributed by atoms with Gasteiger partial charge in [0.15, 0.2) is 0 Å². The Balaban J connectivity index is 1.73. The topological polar surface area (TPSA) is 59.7 Å². The summed E-state index contributed by atoms with van der Waals surface area (Å²) in [6.45, 7) is 2.52. The Bertz CT molecular complexity index is 1120. The zero-order chi connectivity index (χ0) is 23.8. The summed E-state index contributed by atoms with van der Waals surface area (Å²) in [6.07, 6.45) is 1.46. The molecule has 0 bridgehead atoms. The van der Waals surface area contributed by atoms with Gasteiger partial charge in [-0.25, -0.2) is 0 Å². The van der Waals surface area contributed by atoms with Crippen LogP contribution in [0.4, 0.5) is 0 Å². The van der Waals surface area contributed by atoms with Crippen LogP contribution in [0.25, 0.3) is 0 Å². The summed E-state index contributed by atoms with van der Waals surface area (Å²) in [5.74, 6) is 0.412. The lowest BCUT2D eigenvalue weighted by molar-refractivity contribution is 0.0207. The van der Waals surface area contributed by atoms with E-state index in [1.54, 1.807) is 12.1 Å². The highest BCUT2D eigenvalue weighted by Gasteiger charge is 2.43. The van der Waals surface area contributed by atoms with Crippen molar-refractivity contribution in [2.45, 2.75) is 44.2 Å². The SMILES string of the molecule is CC[C@H](C[C@@H]([C@H](O)c1ccco1)P(=O)(c1ccccc1)c1ccccc1)OCc1ccccc1. The van der Waals surface area contributed by atoms with Gasteiger partial charge in [-0.2, -0.15) is 0 Å². The van der Waals surface area contributed by atoms with Crippen LogP contribution in [-0.2, 0) is 15.9 Å². The predicted octanol–water partition coefficient (Wildman–Crippen LogP) is 6.08.